The van der Waals surface area contributed by atoms with E-state index < -0.39 is 0 Å². The van der Waals surface area contributed by atoms with Gasteiger partial charge in [0, 0.05) is 44.0 Å². The zero-order chi connectivity index (χ0) is 19.8. The molecule has 0 atom stereocenters. The van der Waals surface area contributed by atoms with Crippen molar-refractivity contribution in [3.63, 3.8) is 0 Å². The lowest BCUT2D eigenvalue weighted by Gasteiger charge is -2.35. The smallest absolute Gasteiger partial charge is 0.273 e. The summed E-state index contributed by atoms with van der Waals surface area (Å²) in [5, 5.41) is 0. The van der Waals surface area contributed by atoms with Gasteiger partial charge < -0.3 is 20.1 Å². The molecule has 8 heteroatoms. The number of nitrogen functional groups attached to an aromatic ring is 1. The zero-order valence-corrected chi connectivity index (χ0v) is 16.4. The van der Waals surface area contributed by atoms with Gasteiger partial charge in [-0.05, 0) is 43.4 Å². The second-order valence-electron chi connectivity index (χ2n) is 7.82. The van der Waals surface area contributed by atoms with Crippen LogP contribution in [0.3, 0.4) is 0 Å². The van der Waals surface area contributed by atoms with Gasteiger partial charge in [-0.3, -0.25) is 9.69 Å². The largest absolute Gasteiger partial charge is 0.454 e. The molecule has 152 valence electrons. The van der Waals surface area contributed by atoms with Gasteiger partial charge in [-0.1, -0.05) is 6.07 Å². The van der Waals surface area contributed by atoms with E-state index in [9.17, 15) is 4.79 Å². The van der Waals surface area contributed by atoms with Gasteiger partial charge in [-0.25, -0.2) is 9.97 Å². The summed E-state index contributed by atoms with van der Waals surface area (Å²) in [7, 11) is 0. The zero-order valence-electron chi connectivity index (χ0n) is 16.4. The maximum Gasteiger partial charge on any atom is 0.273 e. The van der Waals surface area contributed by atoms with Crippen LogP contribution >= 0.6 is 0 Å². The van der Waals surface area contributed by atoms with Gasteiger partial charge in [0.05, 0.1) is 0 Å². The molecular weight excluding hydrogens is 370 g/mol. The lowest BCUT2D eigenvalue weighted by molar-refractivity contribution is 0.0621. The average molecular weight is 395 g/mol. The number of carbonyl (C=O) groups is 1. The van der Waals surface area contributed by atoms with E-state index in [4.69, 9.17) is 15.2 Å². The van der Waals surface area contributed by atoms with Gasteiger partial charge in [0.2, 0.25) is 12.7 Å². The fraction of sp³-hybridized carbons (Fsp3) is 0.476. The molecule has 1 fully saturated rings. The van der Waals surface area contributed by atoms with E-state index in [0.29, 0.717) is 18.8 Å². The first-order valence-corrected chi connectivity index (χ1v) is 10.2. The molecule has 2 aromatic rings. The summed E-state index contributed by atoms with van der Waals surface area (Å²) < 4.78 is 10.8. The molecule has 8 nitrogen and oxygen atoms in total. The number of nitrogens with zero attached hydrogens (tertiary/aromatic N) is 4. The molecule has 0 bridgehead atoms. The van der Waals surface area contributed by atoms with E-state index in [1.165, 1.54) is 5.56 Å². The van der Waals surface area contributed by atoms with E-state index in [0.717, 1.165) is 68.1 Å². The second kappa shape index (κ2) is 7.51. The molecule has 2 N–H and O–H groups in total. The molecule has 2 aliphatic heterocycles. The topological polar surface area (TPSA) is 93.8 Å². The highest BCUT2D eigenvalue weighted by Crippen LogP contribution is 2.33. The number of nitrogens with two attached hydrogens (primary N) is 1. The van der Waals surface area contributed by atoms with Crippen LogP contribution in [-0.4, -0.2) is 58.6 Å². The van der Waals surface area contributed by atoms with Crippen LogP contribution in [0.2, 0.25) is 0 Å². The highest BCUT2D eigenvalue weighted by molar-refractivity contribution is 5.94. The Kier molecular flexibility index (Phi) is 4.71. The second-order valence-corrected chi connectivity index (χ2v) is 7.82. The van der Waals surface area contributed by atoms with Gasteiger partial charge in [-0.15, -0.1) is 0 Å². The summed E-state index contributed by atoms with van der Waals surface area (Å²) in [5.41, 5.74) is 9.52. The standard InChI is InChI=1S/C21H25N5O3/c22-21-23-16-4-2-1-3-15(16)19(24-21)20(27)26-9-7-25(8-10-26)12-14-5-6-17-18(11-14)29-13-28-17/h5-6,11H,1-4,7-10,12-13H2,(H2,22,23,24). The van der Waals surface area contributed by atoms with Crippen LogP contribution in [0.5, 0.6) is 11.5 Å². The number of piperazine rings is 1. The van der Waals surface area contributed by atoms with Gasteiger partial charge in [0.1, 0.15) is 5.69 Å². The number of aromatic nitrogens is 2. The Hall–Kier alpha value is -2.87. The molecule has 0 spiro atoms. The van der Waals surface area contributed by atoms with Crippen LogP contribution in [0.15, 0.2) is 18.2 Å². The highest BCUT2D eigenvalue weighted by Gasteiger charge is 2.28. The number of hydrogen-bond acceptors (Lipinski definition) is 7. The predicted octanol–water partition coefficient (Wildman–Crippen LogP) is 1.62. The molecule has 1 amide bonds. The summed E-state index contributed by atoms with van der Waals surface area (Å²) >= 11 is 0. The molecule has 0 radical (unpaired) electrons. The fourth-order valence-corrected chi connectivity index (χ4v) is 4.35. The number of rotatable bonds is 3. The van der Waals surface area contributed by atoms with E-state index in [-0.39, 0.29) is 18.6 Å². The average Bonchev–Trinajstić information content (AvgIpc) is 3.21. The third-order valence-electron chi connectivity index (χ3n) is 5.91. The third kappa shape index (κ3) is 3.60. The number of amides is 1. The van der Waals surface area contributed by atoms with Crippen LogP contribution in [0.1, 0.15) is 40.2 Å². The third-order valence-corrected chi connectivity index (χ3v) is 5.91. The normalized spacial score (nSPS) is 18.6. The minimum atomic E-state index is -0.0139. The molecule has 3 aliphatic rings. The Balaban J connectivity index is 1.24. The van der Waals surface area contributed by atoms with Crippen molar-refractivity contribution in [2.45, 2.75) is 32.2 Å². The maximum atomic E-state index is 13.1. The molecule has 0 unspecified atom stereocenters. The molecule has 29 heavy (non-hydrogen) atoms. The van der Waals surface area contributed by atoms with Gasteiger partial charge >= 0.3 is 0 Å². The number of benzene rings is 1. The van der Waals surface area contributed by atoms with Crippen molar-refractivity contribution in [1.29, 1.82) is 0 Å². The van der Waals surface area contributed by atoms with Crippen molar-refractivity contribution in [3.8, 4) is 11.5 Å². The lowest BCUT2D eigenvalue weighted by atomic mass is 9.94. The minimum Gasteiger partial charge on any atom is -0.454 e. The minimum absolute atomic E-state index is 0.0139. The maximum absolute atomic E-state index is 13.1. The van der Waals surface area contributed by atoms with Gasteiger partial charge in [-0.2, -0.15) is 0 Å². The Bertz CT molecular complexity index is 940. The predicted molar refractivity (Wildman–Crippen MR) is 107 cm³/mol. The van der Waals surface area contributed by atoms with Crippen LogP contribution in [0.25, 0.3) is 0 Å². The number of fused-ring (bicyclic) bond motifs is 2. The Morgan fingerprint density at radius 2 is 1.83 bits per heavy atom. The number of carbonyl (C=O) groups excluding carboxylic acids is 1. The molecule has 5 rings (SSSR count). The summed E-state index contributed by atoms with van der Waals surface area (Å²) in [4.78, 5) is 26.1. The quantitative estimate of drug-likeness (QED) is 0.844. The number of anilines is 1. The summed E-state index contributed by atoms with van der Waals surface area (Å²) in [5.74, 6) is 1.80. The summed E-state index contributed by atoms with van der Waals surface area (Å²) in [6.07, 6.45) is 3.91. The van der Waals surface area contributed by atoms with E-state index in [1.54, 1.807) is 0 Å². The summed E-state index contributed by atoms with van der Waals surface area (Å²) in [6.45, 7) is 4.13. The first kappa shape index (κ1) is 18.2. The monoisotopic (exact) mass is 395 g/mol. The van der Waals surface area contributed by atoms with Crippen LogP contribution in [-0.2, 0) is 19.4 Å². The van der Waals surface area contributed by atoms with Gasteiger partial charge in [0.25, 0.3) is 5.91 Å². The van der Waals surface area contributed by atoms with E-state index in [1.807, 2.05) is 17.0 Å². The fourth-order valence-electron chi connectivity index (χ4n) is 4.35. The van der Waals surface area contributed by atoms with Crippen molar-refractivity contribution in [2.75, 3.05) is 38.7 Å². The first-order chi connectivity index (χ1) is 14.2. The van der Waals surface area contributed by atoms with Crippen molar-refractivity contribution in [2.24, 2.45) is 0 Å². The number of hydrogen-bond donors (Lipinski definition) is 1. The van der Waals surface area contributed by atoms with E-state index in [2.05, 4.69) is 20.9 Å². The first-order valence-electron chi connectivity index (χ1n) is 10.2. The number of aryl methyl sites for hydroxylation is 1. The van der Waals surface area contributed by atoms with Crippen LogP contribution in [0.4, 0.5) is 5.95 Å². The van der Waals surface area contributed by atoms with Crippen molar-refractivity contribution in [1.82, 2.24) is 19.8 Å². The molecule has 1 aromatic heterocycles. The molecule has 1 aromatic carbocycles. The molecular formula is C21H25N5O3. The van der Waals surface area contributed by atoms with Crippen molar-refractivity contribution < 1.29 is 14.3 Å². The Labute approximate surface area is 169 Å². The van der Waals surface area contributed by atoms with E-state index >= 15 is 0 Å². The molecule has 3 heterocycles. The Morgan fingerprint density at radius 3 is 2.69 bits per heavy atom. The Morgan fingerprint density at radius 1 is 1.03 bits per heavy atom. The molecule has 1 aliphatic carbocycles. The van der Waals surface area contributed by atoms with Crippen molar-refractivity contribution in [3.05, 3.63) is 40.7 Å². The number of ether oxygens (including phenoxy) is 2. The lowest BCUT2D eigenvalue weighted by Crippen LogP contribution is -2.48. The highest BCUT2D eigenvalue weighted by atomic mass is 16.7. The van der Waals surface area contributed by atoms with Gasteiger partial charge in [0.15, 0.2) is 11.5 Å². The van der Waals surface area contributed by atoms with Crippen molar-refractivity contribution >= 4 is 11.9 Å². The molecule has 1 saturated heterocycles. The van der Waals surface area contributed by atoms with Crippen LogP contribution in [0, 0.1) is 0 Å². The SMILES string of the molecule is Nc1nc2c(c(C(=O)N3CCN(Cc4ccc5c(c4)OCO5)CC3)n1)CCCC2. The van der Waals surface area contributed by atoms with Crippen LogP contribution < -0.4 is 15.2 Å². The summed E-state index contributed by atoms with van der Waals surface area (Å²) in [6, 6.07) is 6.07. The molecule has 0 saturated carbocycles.